The maximum Gasteiger partial charge on any atom is 0.341 e. The van der Waals surface area contributed by atoms with Crippen molar-refractivity contribution in [3.05, 3.63) is 35.4 Å². The lowest BCUT2D eigenvalue weighted by Gasteiger charge is -2.15. The minimum atomic E-state index is -0.564. The van der Waals surface area contributed by atoms with E-state index in [-0.39, 0.29) is 23.6 Å². The van der Waals surface area contributed by atoms with Gasteiger partial charge in [0.05, 0.1) is 23.9 Å². The average molecular weight is 342 g/mol. The van der Waals surface area contributed by atoms with Crippen LogP contribution in [0.5, 0.6) is 11.5 Å². The van der Waals surface area contributed by atoms with Gasteiger partial charge >= 0.3 is 5.97 Å². The molecule has 2 aromatic carbocycles. The number of carbonyl (C=O) groups is 1. The molecule has 3 rings (SSSR count). The second kappa shape index (κ2) is 6.34. The largest absolute Gasteiger partial charge is 0.465 e. The van der Waals surface area contributed by atoms with Gasteiger partial charge in [-0.05, 0) is 30.0 Å². The summed E-state index contributed by atoms with van der Waals surface area (Å²) in [5.74, 6) is 0.699. The number of methoxy groups -OCH3 is 1. The Morgan fingerprint density at radius 3 is 2.75 bits per heavy atom. The molecule has 0 fully saturated rings. The molecule has 0 spiro atoms. The molecule has 0 radical (unpaired) electrons. The van der Waals surface area contributed by atoms with Crippen LogP contribution in [0.4, 0.5) is 5.69 Å². The molecule has 0 aromatic heterocycles. The number of fused-ring (bicyclic) bond motifs is 1. The molecule has 0 saturated heterocycles. The first-order valence-corrected chi connectivity index (χ1v) is 8.22. The van der Waals surface area contributed by atoms with Crippen molar-refractivity contribution >= 4 is 23.4 Å². The lowest BCUT2D eigenvalue weighted by Crippen LogP contribution is -2.10. The van der Waals surface area contributed by atoms with Crippen LogP contribution in [0.25, 0.3) is 11.1 Å². The van der Waals surface area contributed by atoms with Gasteiger partial charge < -0.3 is 19.9 Å². The Hall–Kier alpha value is -2.85. The number of benzene rings is 2. The van der Waals surface area contributed by atoms with Gasteiger partial charge in [-0.2, -0.15) is 5.26 Å². The van der Waals surface area contributed by atoms with Crippen molar-refractivity contribution < 1.29 is 19.0 Å². The average Bonchev–Trinajstić information content (AvgIpc) is 3.07. The van der Waals surface area contributed by atoms with Crippen LogP contribution in [0.15, 0.2) is 29.2 Å². The summed E-state index contributed by atoms with van der Waals surface area (Å²) in [6.45, 7) is 0.170. The van der Waals surface area contributed by atoms with E-state index >= 15 is 0 Å². The number of nitriles is 1. The molecule has 0 amide bonds. The Bertz CT molecular complexity index is 874. The highest BCUT2D eigenvalue weighted by atomic mass is 32.2. The number of ether oxygens (including phenoxy) is 3. The number of nitrogen functional groups attached to an aromatic ring is 1. The fourth-order valence-corrected chi connectivity index (χ4v) is 3.20. The van der Waals surface area contributed by atoms with Gasteiger partial charge in [0.2, 0.25) is 6.79 Å². The lowest BCUT2D eigenvalue weighted by atomic mass is 9.95. The topological polar surface area (TPSA) is 94.6 Å². The Kier molecular flexibility index (Phi) is 4.23. The molecule has 0 aliphatic carbocycles. The maximum absolute atomic E-state index is 12.0. The molecule has 0 atom stereocenters. The standard InChI is InChI=1S/C17H14N2O4S/c1-21-17(20)15-14(24-2)6-10(11(7-18)16(15)19)9-3-4-12-13(5-9)23-8-22-12/h3-6H,8,19H2,1-2H3. The molecule has 1 heterocycles. The number of thioether (sulfide) groups is 1. The Labute approximate surface area is 143 Å². The van der Waals surface area contributed by atoms with Crippen molar-refractivity contribution in [2.45, 2.75) is 4.90 Å². The smallest absolute Gasteiger partial charge is 0.341 e. The first-order valence-electron chi connectivity index (χ1n) is 6.99. The van der Waals surface area contributed by atoms with Gasteiger partial charge in [-0.25, -0.2) is 4.79 Å². The molecule has 122 valence electrons. The fraction of sp³-hybridized carbons (Fsp3) is 0.176. The summed E-state index contributed by atoms with van der Waals surface area (Å²) in [4.78, 5) is 12.7. The van der Waals surface area contributed by atoms with Gasteiger partial charge in [0.25, 0.3) is 0 Å². The van der Waals surface area contributed by atoms with Crippen LogP contribution >= 0.6 is 11.8 Å². The zero-order valence-corrected chi connectivity index (χ0v) is 13.9. The molecule has 2 aromatic rings. The van der Waals surface area contributed by atoms with E-state index in [2.05, 4.69) is 6.07 Å². The first-order chi connectivity index (χ1) is 11.6. The highest BCUT2D eigenvalue weighted by molar-refractivity contribution is 7.98. The van der Waals surface area contributed by atoms with Gasteiger partial charge in [-0.1, -0.05) is 6.07 Å². The van der Waals surface area contributed by atoms with Gasteiger partial charge in [-0.3, -0.25) is 0 Å². The molecule has 1 aliphatic heterocycles. The number of hydrogen-bond acceptors (Lipinski definition) is 7. The highest BCUT2D eigenvalue weighted by Gasteiger charge is 2.23. The maximum atomic E-state index is 12.0. The Balaban J connectivity index is 2.24. The summed E-state index contributed by atoms with van der Waals surface area (Å²) in [6, 6.07) is 9.25. The molecule has 0 bridgehead atoms. The fourth-order valence-electron chi connectivity index (χ4n) is 2.56. The predicted octanol–water partition coefficient (Wildman–Crippen LogP) is 3.04. The van der Waals surface area contributed by atoms with Crippen LogP contribution in [0.2, 0.25) is 0 Å². The van der Waals surface area contributed by atoms with E-state index in [0.29, 0.717) is 22.0 Å². The molecule has 7 heteroatoms. The molecule has 6 nitrogen and oxygen atoms in total. The van der Waals surface area contributed by atoms with Gasteiger partial charge in [0.15, 0.2) is 11.5 Å². The van der Waals surface area contributed by atoms with E-state index in [1.165, 1.54) is 18.9 Å². The van der Waals surface area contributed by atoms with Crippen molar-refractivity contribution in [3.8, 4) is 28.7 Å². The van der Waals surface area contributed by atoms with Crippen LogP contribution in [-0.2, 0) is 4.74 Å². The van der Waals surface area contributed by atoms with Crippen LogP contribution in [-0.4, -0.2) is 26.1 Å². The minimum Gasteiger partial charge on any atom is -0.465 e. The van der Waals surface area contributed by atoms with Crippen LogP contribution < -0.4 is 15.2 Å². The van der Waals surface area contributed by atoms with Crippen molar-refractivity contribution in [3.63, 3.8) is 0 Å². The number of carbonyl (C=O) groups excluding carboxylic acids is 1. The highest BCUT2D eigenvalue weighted by Crippen LogP contribution is 2.40. The summed E-state index contributed by atoms with van der Waals surface area (Å²) >= 11 is 1.36. The Morgan fingerprint density at radius 2 is 2.08 bits per heavy atom. The third-order valence-electron chi connectivity index (χ3n) is 3.73. The number of nitrogens with two attached hydrogens (primary N) is 1. The van der Waals surface area contributed by atoms with Crippen LogP contribution in [0, 0.1) is 11.3 Å². The third kappa shape index (κ3) is 2.51. The van der Waals surface area contributed by atoms with Crippen molar-refractivity contribution in [2.75, 3.05) is 25.9 Å². The number of hydrogen-bond donors (Lipinski definition) is 1. The zero-order chi connectivity index (χ0) is 17.3. The minimum absolute atomic E-state index is 0.115. The SMILES string of the molecule is COC(=O)c1c(SC)cc(-c2ccc3c(c2)OCO3)c(C#N)c1N. The Morgan fingerprint density at radius 1 is 1.33 bits per heavy atom. The quantitative estimate of drug-likeness (QED) is 0.520. The molecular weight excluding hydrogens is 328 g/mol. The molecule has 24 heavy (non-hydrogen) atoms. The van der Waals surface area contributed by atoms with E-state index in [0.717, 1.165) is 5.56 Å². The second-order valence-corrected chi connectivity index (χ2v) is 5.81. The second-order valence-electron chi connectivity index (χ2n) is 4.96. The first kappa shape index (κ1) is 16.0. The summed E-state index contributed by atoms with van der Waals surface area (Å²) in [6.07, 6.45) is 1.83. The number of rotatable bonds is 3. The molecular formula is C17H14N2O4S. The van der Waals surface area contributed by atoms with Crippen molar-refractivity contribution in [1.82, 2.24) is 0 Å². The van der Waals surface area contributed by atoms with E-state index < -0.39 is 5.97 Å². The van der Waals surface area contributed by atoms with Crippen molar-refractivity contribution in [1.29, 1.82) is 5.26 Å². The van der Waals surface area contributed by atoms with E-state index in [1.54, 1.807) is 18.2 Å². The summed E-state index contributed by atoms with van der Waals surface area (Å²) in [7, 11) is 1.28. The summed E-state index contributed by atoms with van der Waals surface area (Å²) in [5, 5.41) is 9.55. The van der Waals surface area contributed by atoms with Gasteiger partial charge in [-0.15, -0.1) is 11.8 Å². The molecule has 0 unspecified atom stereocenters. The lowest BCUT2D eigenvalue weighted by molar-refractivity contribution is 0.0598. The van der Waals surface area contributed by atoms with E-state index in [9.17, 15) is 10.1 Å². The molecule has 1 aliphatic rings. The van der Waals surface area contributed by atoms with E-state index in [1.807, 2.05) is 12.3 Å². The zero-order valence-electron chi connectivity index (χ0n) is 13.1. The van der Waals surface area contributed by atoms with E-state index in [4.69, 9.17) is 19.9 Å². The van der Waals surface area contributed by atoms with Gasteiger partial charge in [0.1, 0.15) is 6.07 Å². The number of nitrogens with zero attached hydrogens (tertiary/aromatic N) is 1. The van der Waals surface area contributed by atoms with Crippen LogP contribution in [0.3, 0.4) is 0 Å². The summed E-state index contributed by atoms with van der Waals surface area (Å²) < 4.78 is 15.5. The molecule has 0 saturated carbocycles. The van der Waals surface area contributed by atoms with Crippen LogP contribution in [0.1, 0.15) is 15.9 Å². The monoisotopic (exact) mass is 342 g/mol. The number of esters is 1. The molecule has 2 N–H and O–H groups in total. The van der Waals surface area contributed by atoms with Crippen molar-refractivity contribution in [2.24, 2.45) is 0 Å². The predicted molar refractivity (Wildman–Crippen MR) is 90.2 cm³/mol. The van der Waals surface area contributed by atoms with Gasteiger partial charge in [0, 0.05) is 10.5 Å². The third-order valence-corrected chi connectivity index (χ3v) is 4.50. The summed E-state index contributed by atoms with van der Waals surface area (Å²) in [5.41, 5.74) is 8.05. The normalized spacial score (nSPS) is 11.9. The number of anilines is 1.